The van der Waals surface area contributed by atoms with E-state index in [4.69, 9.17) is 21.9 Å². The maximum Gasteiger partial charge on any atom is 0.222 e. The van der Waals surface area contributed by atoms with E-state index in [1.807, 2.05) is 37.8 Å². The second kappa shape index (κ2) is 9.65. The Morgan fingerprint density at radius 2 is 2.00 bits per heavy atom. The van der Waals surface area contributed by atoms with E-state index in [0.717, 1.165) is 65.9 Å². The lowest BCUT2D eigenvalue weighted by Gasteiger charge is -2.23. The summed E-state index contributed by atoms with van der Waals surface area (Å²) in [6, 6.07) is 10.4. The Bertz CT molecular complexity index is 1440. The number of aromatic nitrogens is 3. The van der Waals surface area contributed by atoms with Gasteiger partial charge in [-0.05, 0) is 55.6 Å². The van der Waals surface area contributed by atoms with Gasteiger partial charge in [0.15, 0.2) is 0 Å². The number of piperidine rings is 1. The van der Waals surface area contributed by atoms with Gasteiger partial charge in [-0.1, -0.05) is 18.2 Å². The van der Waals surface area contributed by atoms with Gasteiger partial charge in [0.05, 0.1) is 30.3 Å². The highest BCUT2D eigenvalue weighted by Gasteiger charge is 2.21. The fraction of sp³-hybridized carbons (Fsp3) is 0.259. The molecule has 3 N–H and O–H groups in total. The van der Waals surface area contributed by atoms with Crippen LogP contribution in [0.4, 0.5) is 15.8 Å². The van der Waals surface area contributed by atoms with Gasteiger partial charge < -0.3 is 20.6 Å². The van der Waals surface area contributed by atoms with Crippen molar-refractivity contribution >= 4 is 28.6 Å². The van der Waals surface area contributed by atoms with Crippen LogP contribution >= 0.6 is 0 Å². The van der Waals surface area contributed by atoms with Gasteiger partial charge in [-0.3, -0.25) is 4.98 Å². The maximum absolute atomic E-state index is 14.7. The third-order valence-corrected chi connectivity index (χ3v) is 6.69. The highest BCUT2D eigenvalue weighted by atomic mass is 19.1. The molecule has 2 aromatic heterocycles. The Balaban J connectivity index is 1.70. The molecule has 0 saturated carbocycles. The Morgan fingerprint density at radius 1 is 1.20 bits per heavy atom. The first kappa shape index (κ1) is 22.7. The van der Waals surface area contributed by atoms with Crippen molar-refractivity contribution in [3.8, 4) is 22.4 Å². The molecule has 3 heterocycles. The zero-order chi connectivity index (χ0) is 24.4. The molecule has 0 bridgehead atoms. The number of hydrogen-bond donors (Lipinski definition) is 3. The fourth-order valence-corrected chi connectivity index (χ4v) is 4.81. The summed E-state index contributed by atoms with van der Waals surface area (Å²) in [5, 5.41) is 14.3. The van der Waals surface area contributed by atoms with Crippen molar-refractivity contribution in [1.82, 2.24) is 19.9 Å². The van der Waals surface area contributed by atoms with Gasteiger partial charge in [0.25, 0.3) is 0 Å². The van der Waals surface area contributed by atoms with E-state index in [1.54, 1.807) is 6.07 Å². The molecule has 0 unspecified atom stereocenters. The van der Waals surface area contributed by atoms with E-state index < -0.39 is 5.82 Å². The van der Waals surface area contributed by atoms with Crippen molar-refractivity contribution in [2.75, 3.05) is 25.5 Å². The summed E-state index contributed by atoms with van der Waals surface area (Å²) in [6.45, 7) is 10.1. The molecule has 35 heavy (non-hydrogen) atoms. The number of nitrogens with one attached hydrogen (secondary N) is 3. The Hall–Kier alpha value is -4.09. The van der Waals surface area contributed by atoms with Crippen molar-refractivity contribution in [2.45, 2.75) is 19.4 Å². The highest BCUT2D eigenvalue weighted by molar-refractivity contribution is 6.00. The average Bonchev–Trinajstić information content (AvgIpc) is 3.30. The van der Waals surface area contributed by atoms with Crippen LogP contribution in [0.2, 0.25) is 0 Å². The first-order valence-electron chi connectivity index (χ1n) is 11.7. The number of imidazole rings is 1. The number of fused-ring (bicyclic) bond motifs is 1. The number of anilines is 1. The van der Waals surface area contributed by atoms with Crippen LogP contribution in [-0.2, 0) is 6.54 Å². The van der Waals surface area contributed by atoms with Crippen LogP contribution in [0.3, 0.4) is 0 Å². The van der Waals surface area contributed by atoms with Gasteiger partial charge in [0.1, 0.15) is 11.3 Å². The lowest BCUT2D eigenvalue weighted by Crippen LogP contribution is -2.29. The molecular weight excluding hydrogens is 441 g/mol. The van der Waals surface area contributed by atoms with E-state index in [-0.39, 0.29) is 5.69 Å². The van der Waals surface area contributed by atoms with Gasteiger partial charge in [-0.25, -0.2) is 14.2 Å². The molecule has 2 aromatic carbocycles. The SMILES string of the molecule is [C-]#[N+]c1ccc(-c2c(-c3ccc(NC)c(C=N)c3)ncc3c2ncn3CC2CCNCC2)cc1F. The number of rotatable bonds is 6. The van der Waals surface area contributed by atoms with Gasteiger partial charge in [-0.15, -0.1) is 0 Å². The first-order chi connectivity index (χ1) is 17.1. The number of halogens is 1. The van der Waals surface area contributed by atoms with Crippen molar-refractivity contribution in [3.63, 3.8) is 0 Å². The quantitative estimate of drug-likeness (QED) is 0.259. The minimum Gasteiger partial charge on any atom is -0.388 e. The Labute approximate surface area is 203 Å². The van der Waals surface area contributed by atoms with Crippen molar-refractivity contribution < 1.29 is 4.39 Å². The standard InChI is InChI=1S/C27H26FN7/c1-30-22-5-4-19(11-20(22)13-29)26-25(18-3-6-23(31-2)21(28)12-18)27-24(14-33-26)35(16-34-27)15-17-7-9-32-10-8-17/h3-6,11-14,16-17,29-30,32H,7-10,15H2,1H3. The normalized spacial score (nSPS) is 14.1. The molecule has 8 heteroatoms. The highest BCUT2D eigenvalue weighted by Crippen LogP contribution is 2.38. The summed E-state index contributed by atoms with van der Waals surface area (Å²) in [7, 11) is 1.81. The third-order valence-electron chi connectivity index (χ3n) is 6.69. The molecule has 5 rings (SSSR count). The molecule has 1 aliphatic heterocycles. The lowest BCUT2D eigenvalue weighted by atomic mass is 9.96. The van der Waals surface area contributed by atoms with Crippen molar-refractivity contribution in [3.05, 3.63) is 71.7 Å². The molecule has 176 valence electrons. The summed E-state index contributed by atoms with van der Waals surface area (Å²) < 4.78 is 16.8. The molecule has 1 fully saturated rings. The van der Waals surface area contributed by atoms with Crippen LogP contribution in [0, 0.1) is 23.7 Å². The van der Waals surface area contributed by atoms with E-state index in [9.17, 15) is 4.39 Å². The predicted octanol–water partition coefficient (Wildman–Crippen LogP) is 5.49. The molecule has 0 atom stereocenters. The largest absolute Gasteiger partial charge is 0.388 e. The number of nitrogens with zero attached hydrogens (tertiary/aromatic N) is 4. The number of pyridine rings is 1. The topological polar surface area (TPSA) is 83.0 Å². The zero-order valence-corrected chi connectivity index (χ0v) is 19.5. The minimum absolute atomic E-state index is 0.0173. The smallest absolute Gasteiger partial charge is 0.222 e. The molecule has 7 nitrogen and oxygen atoms in total. The second-order valence-electron chi connectivity index (χ2n) is 8.78. The minimum atomic E-state index is -0.569. The average molecular weight is 468 g/mol. The van der Waals surface area contributed by atoms with Crippen LogP contribution < -0.4 is 10.6 Å². The Kier molecular flexibility index (Phi) is 6.25. The third kappa shape index (κ3) is 4.27. The van der Waals surface area contributed by atoms with Crippen LogP contribution in [0.1, 0.15) is 18.4 Å². The van der Waals surface area contributed by atoms with Crippen LogP contribution in [0.5, 0.6) is 0 Å². The summed E-state index contributed by atoms with van der Waals surface area (Å²) in [5.74, 6) is -0.00305. The molecule has 1 aliphatic rings. The molecule has 0 radical (unpaired) electrons. The van der Waals surface area contributed by atoms with Gasteiger partial charge in [0, 0.05) is 42.2 Å². The Morgan fingerprint density at radius 3 is 2.71 bits per heavy atom. The van der Waals surface area contributed by atoms with E-state index in [2.05, 4.69) is 20.0 Å². The second-order valence-corrected chi connectivity index (χ2v) is 8.78. The van der Waals surface area contributed by atoms with E-state index in [1.165, 1.54) is 18.3 Å². The van der Waals surface area contributed by atoms with Gasteiger partial charge in [0.2, 0.25) is 5.69 Å². The van der Waals surface area contributed by atoms with Crippen LogP contribution in [-0.4, -0.2) is 40.9 Å². The monoisotopic (exact) mass is 467 g/mol. The molecule has 0 amide bonds. The molecule has 0 spiro atoms. The number of benzene rings is 2. The summed E-state index contributed by atoms with van der Waals surface area (Å²) in [5.41, 5.74) is 5.99. The first-order valence-corrected chi connectivity index (χ1v) is 11.7. The predicted molar refractivity (Wildman–Crippen MR) is 138 cm³/mol. The van der Waals surface area contributed by atoms with E-state index in [0.29, 0.717) is 17.2 Å². The summed E-state index contributed by atoms with van der Waals surface area (Å²) in [4.78, 5) is 12.9. The molecule has 0 aliphatic carbocycles. The van der Waals surface area contributed by atoms with Crippen LogP contribution in [0.15, 0.2) is 48.9 Å². The molecule has 1 saturated heterocycles. The maximum atomic E-state index is 14.7. The summed E-state index contributed by atoms with van der Waals surface area (Å²) >= 11 is 0. The summed E-state index contributed by atoms with van der Waals surface area (Å²) in [6.07, 6.45) is 7.21. The van der Waals surface area contributed by atoms with Crippen molar-refractivity contribution in [2.24, 2.45) is 5.92 Å². The van der Waals surface area contributed by atoms with Gasteiger partial charge >= 0.3 is 0 Å². The lowest BCUT2D eigenvalue weighted by molar-refractivity contribution is 0.336. The molecular formula is C27H26FN7. The van der Waals surface area contributed by atoms with E-state index >= 15 is 0 Å². The number of hydrogen-bond acceptors (Lipinski definition) is 5. The van der Waals surface area contributed by atoms with Crippen molar-refractivity contribution in [1.29, 1.82) is 5.41 Å². The van der Waals surface area contributed by atoms with Crippen LogP contribution in [0.25, 0.3) is 38.3 Å². The molecule has 4 aromatic rings. The zero-order valence-electron chi connectivity index (χ0n) is 19.5. The van der Waals surface area contributed by atoms with Gasteiger partial charge in [-0.2, -0.15) is 0 Å². The fourth-order valence-electron chi connectivity index (χ4n) is 4.81.